The molecule has 0 fully saturated rings. The van der Waals surface area contributed by atoms with Gasteiger partial charge < -0.3 is 10.6 Å². The van der Waals surface area contributed by atoms with Gasteiger partial charge >= 0.3 is 0 Å². The van der Waals surface area contributed by atoms with Crippen molar-refractivity contribution in [3.05, 3.63) is 81.5 Å². The highest BCUT2D eigenvalue weighted by atomic mass is 16.6. The Morgan fingerprint density at radius 3 is 2.50 bits per heavy atom. The Kier molecular flexibility index (Phi) is 6.61. The highest BCUT2D eigenvalue weighted by molar-refractivity contribution is 6.00. The molecule has 0 aliphatic heterocycles. The molecule has 0 saturated carbocycles. The maximum Gasteiger partial charge on any atom is 0.270 e. The molecule has 2 N–H and O–H groups in total. The Labute approximate surface area is 150 Å². The second kappa shape index (κ2) is 9.12. The fourth-order valence-electron chi connectivity index (χ4n) is 2.30. The summed E-state index contributed by atoms with van der Waals surface area (Å²) in [5.74, 6) is -0.859. The Bertz CT molecular complexity index is 832. The van der Waals surface area contributed by atoms with Crippen LogP contribution in [0.5, 0.6) is 0 Å². The lowest BCUT2D eigenvalue weighted by molar-refractivity contribution is -0.384. The quantitative estimate of drug-likeness (QED) is 0.453. The van der Waals surface area contributed by atoms with Crippen molar-refractivity contribution in [1.82, 2.24) is 10.6 Å². The van der Waals surface area contributed by atoms with Crippen LogP contribution in [-0.2, 0) is 16.0 Å². The molecule has 0 unspecified atom stereocenters. The third-order valence-electron chi connectivity index (χ3n) is 3.49. The van der Waals surface area contributed by atoms with E-state index >= 15 is 0 Å². The number of nitro groups is 1. The molecule has 134 valence electrons. The predicted octanol–water partition coefficient (Wildman–Crippen LogP) is 2.43. The number of amides is 2. The number of nitrogens with zero attached hydrogens (tertiary/aromatic N) is 1. The SMILES string of the molecule is CC(=O)N/C(=C\c1cccc([N+](=O)[O-])c1)C(=O)NCCc1ccccc1. The van der Waals surface area contributed by atoms with Gasteiger partial charge in [-0.2, -0.15) is 0 Å². The van der Waals surface area contributed by atoms with Gasteiger partial charge in [-0.1, -0.05) is 42.5 Å². The molecule has 0 heterocycles. The summed E-state index contributed by atoms with van der Waals surface area (Å²) in [6.45, 7) is 1.69. The van der Waals surface area contributed by atoms with Gasteiger partial charge in [0.05, 0.1) is 4.92 Å². The second-order valence-corrected chi connectivity index (χ2v) is 5.58. The monoisotopic (exact) mass is 353 g/mol. The standard InChI is InChI=1S/C19H19N3O4/c1-14(23)21-18(13-16-8-5-9-17(12-16)22(25)26)19(24)20-11-10-15-6-3-2-4-7-15/h2-9,12-13H,10-11H2,1H3,(H,20,24)(H,21,23)/b18-13-. The van der Waals surface area contributed by atoms with Crippen LogP contribution in [0.25, 0.3) is 6.08 Å². The first-order chi connectivity index (χ1) is 12.5. The van der Waals surface area contributed by atoms with Crippen molar-refractivity contribution in [3.63, 3.8) is 0 Å². The van der Waals surface area contributed by atoms with Crippen molar-refractivity contribution in [2.75, 3.05) is 6.54 Å². The topological polar surface area (TPSA) is 101 Å². The van der Waals surface area contributed by atoms with Gasteiger partial charge in [0.25, 0.3) is 11.6 Å². The molecule has 0 saturated heterocycles. The molecule has 0 aromatic heterocycles. The van der Waals surface area contributed by atoms with Crippen LogP contribution in [0, 0.1) is 10.1 Å². The van der Waals surface area contributed by atoms with Gasteiger partial charge in [-0.15, -0.1) is 0 Å². The largest absolute Gasteiger partial charge is 0.350 e. The van der Waals surface area contributed by atoms with Gasteiger partial charge in [0, 0.05) is 25.6 Å². The van der Waals surface area contributed by atoms with Crippen LogP contribution >= 0.6 is 0 Å². The maximum absolute atomic E-state index is 12.4. The average Bonchev–Trinajstić information content (AvgIpc) is 2.62. The molecule has 0 aliphatic rings. The van der Waals surface area contributed by atoms with Gasteiger partial charge in [-0.05, 0) is 23.6 Å². The van der Waals surface area contributed by atoms with E-state index in [0.29, 0.717) is 18.5 Å². The van der Waals surface area contributed by atoms with Crippen LogP contribution in [0.4, 0.5) is 5.69 Å². The summed E-state index contributed by atoms with van der Waals surface area (Å²) in [5.41, 5.74) is 1.47. The number of nitro benzene ring substituents is 1. The van der Waals surface area contributed by atoms with Crippen LogP contribution in [0.2, 0.25) is 0 Å². The molecule has 2 aromatic rings. The van der Waals surface area contributed by atoms with Crippen LogP contribution in [-0.4, -0.2) is 23.3 Å². The molecule has 0 atom stereocenters. The van der Waals surface area contributed by atoms with E-state index in [1.54, 1.807) is 6.07 Å². The van der Waals surface area contributed by atoms with Crippen molar-refractivity contribution in [3.8, 4) is 0 Å². The number of carbonyl (C=O) groups excluding carboxylic acids is 2. The Morgan fingerprint density at radius 2 is 1.85 bits per heavy atom. The second-order valence-electron chi connectivity index (χ2n) is 5.58. The summed E-state index contributed by atoms with van der Waals surface area (Å²) in [5, 5.41) is 16.1. The number of nitrogens with one attached hydrogen (secondary N) is 2. The number of hydrogen-bond donors (Lipinski definition) is 2. The summed E-state index contributed by atoms with van der Waals surface area (Å²) in [7, 11) is 0. The van der Waals surface area contributed by atoms with E-state index < -0.39 is 16.7 Å². The Balaban J connectivity index is 2.10. The lowest BCUT2D eigenvalue weighted by Crippen LogP contribution is -2.34. The third-order valence-corrected chi connectivity index (χ3v) is 3.49. The zero-order chi connectivity index (χ0) is 18.9. The molecule has 2 aromatic carbocycles. The normalized spacial score (nSPS) is 10.9. The lowest BCUT2D eigenvalue weighted by atomic mass is 10.1. The Morgan fingerprint density at radius 1 is 1.12 bits per heavy atom. The van der Waals surface area contributed by atoms with Crippen molar-refractivity contribution >= 4 is 23.6 Å². The maximum atomic E-state index is 12.4. The molecule has 7 nitrogen and oxygen atoms in total. The van der Waals surface area contributed by atoms with Crippen LogP contribution in [0.3, 0.4) is 0 Å². The van der Waals surface area contributed by atoms with E-state index in [2.05, 4.69) is 10.6 Å². The van der Waals surface area contributed by atoms with Gasteiger partial charge in [0.1, 0.15) is 5.70 Å². The van der Waals surface area contributed by atoms with Crippen molar-refractivity contribution in [1.29, 1.82) is 0 Å². The number of hydrogen-bond acceptors (Lipinski definition) is 4. The number of rotatable bonds is 7. The van der Waals surface area contributed by atoms with Crippen LogP contribution in [0.15, 0.2) is 60.3 Å². The van der Waals surface area contributed by atoms with E-state index in [1.165, 1.54) is 31.2 Å². The lowest BCUT2D eigenvalue weighted by Gasteiger charge is -2.10. The first-order valence-corrected chi connectivity index (χ1v) is 8.01. The summed E-state index contributed by atoms with van der Waals surface area (Å²) < 4.78 is 0. The zero-order valence-electron chi connectivity index (χ0n) is 14.3. The van der Waals surface area contributed by atoms with Gasteiger partial charge in [-0.3, -0.25) is 19.7 Å². The minimum absolute atomic E-state index is 0.0334. The Hall–Kier alpha value is -3.48. The first-order valence-electron chi connectivity index (χ1n) is 8.01. The minimum atomic E-state index is -0.519. The van der Waals surface area contributed by atoms with E-state index in [1.807, 2.05) is 30.3 Å². The predicted molar refractivity (Wildman–Crippen MR) is 98.0 cm³/mol. The molecule has 2 rings (SSSR count). The van der Waals surface area contributed by atoms with E-state index in [0.717, 1.165) is 5.56 Å². The highest BCUT2D eigenvalue weighted by Crippen LogP contribution is 2.15. The summed E-state index contributed by atoms with van der Waals surface area (Å²) in [6.07, 6.45) is 2.06. The van der Waals surface area contributed by atoms with Crippen LogP contribution in [0.1, 0.15) is 18.1 Å². The first kappa shape index (κ1) is 18.9. The van der Waals surface area contributed by atoms with E-state index in [4.69, 9.17) is 0 Å². The summed E-state index contributed by atoms with van der Waals surface area (Å²) >= 11 is 0. The summed E-state index contributed by atoms with van der Waals surface area (Å²) in [4.78, 5) is 34.1. The molecule has 0 radical (unpaired) electrons. The van der Waals surface area contributed by atoms with Gasteiger partial charge in [0.2, 0.25) is 5.91 Å². The van der Waals surface area contributed by atoms with Gasteiger partial charge in [-0.25, -0.2) is 0 Å². The molecule has 0 aliphatic carbocycles. The third kappa shape index (κ3) is 5.86. The average molecular weight is 353 g/mol. The minimum Gasteiger partial charge on any atom is -0.350 e. The van der Waals surface area contributed by atoms with Crippen LogP contribution < -0.4 is 10.6 Å². The fourth-order valence-corrected chi connectivity index (χ4v) is 2.30. The molecular formula is C19H19N3O4. The smallest absolute Gasteiger partial charge is 0.270 e. The van der Waals surface area contributed by atoms with Gasteiger partial charge in [0.15, 0.2) is 0 Å². The fraction of sp³-hybridized carbons (Fsp3) is 0.158. The molecule has 26 heavy (non-hydrogen) atoms. The zero-order valence-corrected chi connectivity index (χ0v) is 14.3. The van der Waals surface area contributed by atoms with Crippen molar-refractivity contribution < 1.29 is 14.5 Å². The highest BCUT2D eigenvalue weighted by Gasteiger charge is 2.12. The molecule has 0 bridgehead atoms. The number of carbonyl (C=O) groups is 2. The number of benzene rings is 2. The molecular weight excluding hydrogens is 334 g/mol. The summed E-state index contributed by atoms with van der Waals surface area (Å²) in [6, 6.07) is 15.5. The van der Waals surface area contributed by atoms with Crippen molar-refractivity contribution in [2.24, 2.45) is 0 Å². The van der Waals surface area contributed by atoms with E-state index in [-0.39, 0.29) is 11.4 Å². The number of non-ortho nitro benzene ring substituents is 1. The molecule has 2 amide bonds. The van der Waals surface area contributed by atoms with E-state index in [9.17, 15) is 19.7 Å². The molecule has 7 heteroatoms. The molecule has 0 spiro atoms. The van der Waals surface area contributed by atoms with Crippen molar-refractivity contribution in [2.45, 2.75) is 13.3 Å².